The van der Waals surface area contributed by atoms with Crippen LogP contribution >= 0.6 is 0 Å². The van der Waals surface area contributed by atoms with Crippen LogP contribution < -0.4 is 5.32 Å². The van der Waals surface area contributed by atoms with Gasteiger partial charge in [-0.2, -0.15) is 0 Å². The molecule has 1 fully saturated rings. The van der Waals surface area contributed by atoms with Gasteiger partial charge in [-0.25, -0.2) is 4.39 Å². The van der Waals surface area contributed by atoms with Gasteiger partial charge in [0.2, 0.25) is 5.91 Å². The van der Waals surface area contributed by atoms with Crippen molar-refractivity contribution in [3.8, 4) is 0 Å². The Morgan fingerprint density at radius 3 is 2.46 bits per heavy atom. The summed E-state index contributed by atoms with van der Waals surface area (Å²) in [6, 6.07) is 17.3. The highest BCUT2D eigenvalue weighted by Crippen LogP contribution is 2.20. The molecule has 0 spiro atoms. The average molecular weight is 354 g/mol. The topological polar surface area (TPSA) is 32.3 Å². The Labute approximate surface area is 155 Å². The van der Waals surface area contributed by atoms with E-state index in [-0.39, 0.29) is 17.6 Å². The van der Waals surface area contributed by atoms with Crippen LogP contribution in [0.4, 0.5) is 4.39 Å². The van der Waals surface area contributed by atoms with Gasteiger partial charge in [0.15, 0.2) is 0 Å². The smallest absolute Gasteiger partial charge is 0.223 e. The molecular weight excluding hydrogens is 327 g/mol. The van der Waals surface area contributed by atoms with Crippen molar-refractivity contribution in [3.05, 3.63) is 71.5 Å². The van der Waals surface area contributed by atoms with Crippen molar-refractivity contribution >= 4 is 5.91 Å². The number of nitrogens with zero attached hydrogens (tertiary/aromatic N) is 1. The average Bonchev–Trinajstić information content (AvgIpc) is 2.68. The van der Waals surface area contributed by atoms with E-state index in [1.165, 1.54) is 11.6 Å². The van der Waals surface area contributed by atoms with Crippen LogP contribution in [0.3, 0.4) is 0 Å². The molecule has 3 rings (SSSR count). The summed E-state index contributed by atoms with van der Waals surface area (Å²) in [5.74, 6) is 0.109. The summed E-state index contributed by atoms with van der Waals surface area (Å²) >= 11 is 0. The first-order chi connectivity index (χ1) is 12.7. The molecule has 26 heavy (non-hydrogen) atoms. The number of nitrogens with one attached hydrogen (secondary N) is 1. The van der Waals surface area contributed by atoms with Crippen molar-refractivity contribution in [1.29, 1.82) is 0 Å². The number of benzene rings is 2. The summed E-state index contributed by atoms with van der Waals surface area (Å²) in [4.78, 5) is 14.6. The molecule has 1 amide bonds. The van der Waals surface area contributed by atoms with Crippen molar-refractivity contribution in [1.82, 2.24) is 10.2 Å². The molecule has 0 atom stereocenters. The Kier molecular flexibility index (Phi) is 6.78. The molecule has 1 aliphatic heterocycles. The third kappa shape index (κ3) is 5.40. The molecule has 138 valence electrons. The zero-order valence-corrected chi connectivity index (χ0v) is 15.2. The summed E-state index contributed by atoms with van der Waals surface area (Å²) in [5, 5.41) is 3.08. The number of rotatable bonds is 7. The molecule has 0 unspecified atom stereocenters. The molecule has 0 aromatic heterocycles. The number of piperidine rings is 1. The summed E-state index contributed by atoms with van der Waals surface area (Å²) in [6.07, 6.45) is 3.64. The SMILES string of the molecule is O=C(NCCCc1ccccc1)C1CCN(Cc2ccccc2F)CC1. The van der Waals surface area contributed by atoms with E-state index >= 15 is 0 Å². The number of carbonyl (C=O) groups is 1. The molecule has 1 heterocycles. The van der Waals surface area contributed by atoms with Gasteiger partial charge in [-0.05, 0) is 50.4 Å². The maximum atomic E-state index is 13.8. The van der Waals surface area contributed by atoms with Gasteiger partial charge in [0, 0.05) is 24.6 Å². The minimum absolute atomic E-state index is 0.0867. The molecule has 1 aliphatic rings. The van der Waals surface area contributed by atoms with E-state index in [1.54, 1.807) is 6.07 Å². The fraction of sp³-hybridized carbons (Fsp3) is 0.409. The van der Waals surface area contributed by atoms with Crippen LogP contribution in [0.15, 0.2) is 54.6 Å². The molecule has 0 radical (unpaired) electrons. The second kappa shape index (κ2) is 9.48. The van der Waals surface area contributed by atoms with Crippen molar-refractivity contribution < 1.29 is 9.18 Å². The van der Waals surface area contributed by atoms with Crippen molar-refractivity contribution in [2.75, 3.05) is 19.6 Å². The van der Waals surface area contributed by atoms with E-state index < -0.39 is 0 Å². The monoisotopic (exact) mass is 354 g/mol. The highest BCUT2D eigenvalue weighted by molar-refractivity contribution is 5.78. The van der Waals surface area contributed by atoms with Gasteiger partial charge in [0.1, 0.15) is 5.82 Å². The maximum Gasteiger partial charge on any atom is 0.223 e. The summed E-state index contributed by atoms with van der Waals surface area (Å²) in [5.41, 5.74) is 2.04. The number of halogens is 1. The molecule has 1 saturated heterocycles. The minimum Gasteiger partial charge on any atom is -0.356 e. The molecule has 2 aromatic carbocycles. The van der Waals surface area contributed by atoms with Crippen LogP contribution in [0.1, 0.15) is 30.4 Å². The fourth-order valence-electron chi connectivity index (χ4n) is 3.51. The van der Waals surface area contributed by atoms with Crippen LogP contribution in [-0.4, -0.2) is 30.4 Å². The van der Waals surface area contributed by atoms with Crippen LogP contribution in [0.5, 0.6) is 0 Å². The van der Waals surface area contributed by atoms with Gasteiger partial charge in [-0.3, -0.25) is 9.69 Å². The number of amides is 1. The summed E-state index contributed by atoms with van der Waals surface area (Å²) in [7, 11) is 0. The number of likely N-dealkylation sites (tertiary alicyclic amines) is 1. The van der Waals surface area contributed by atoms with E-state index in [2.05, 4.69) is 22.3 Å². The van der Waals surface area contributed by atoms with Gasteiger partial charge in [0.05, 0.1) is 0 Å². The maximum absolute atomic E-state index is 13.8. The standard InChI is InChI=1S/C22H27FN2O/c23-21-11-5-4-10-20(21)17-25-15-12-19(13-16-25)22(26)24-14-6-9-18-7-2-1-3-8-18/h1-5,7-8,10-11,19H,6,9,12-17H2,(H,24,26). The van der Waals surface area contributed by atoms with Crippen molar-refractivity contribution in [2.45, 2.75) is 32.2 Å². The normalized spacial score (nSPS) is 15.7. The minimum atomic E-state index is -0.147. The summed E-state index contributed by atoms with van der Waals surface area (Å²) < 4.78 is 13.8. The van der Waals surface area contributed by atoms with Crippen LogP contribution in [0, 0.1) is 11.7 Å². The molecule has 2 aromatic rings. The molecule has 0 bridgehead atoms. The van der Waals surface area contributed by atoms with Crippen LogP contribution in [0.25, 0.3) is 0 Å². The van der Waals surface area contributed by atoms with E-state index in [0.29, 0.717) is 6.54 Å². The van der Waals surface area contributed by atoms with Gasteiger partial charge >= 0.3 is 0 Å². The van der Waals surface area contributed by atoms with Crippen molar-refractivity contribution in [3.63, 3.8) is 0 Å². The van der Waals surface area contributed by atoms with Gasteiger partial charge in [-0.15, -0.1) is 0 Å². The quantitative estimate of drug-likeness (QED) is 0.768. The lowest BCUT2D eigenvalue weighted by Crippen LogP contribution is -2.40. The molecule has 3 nitrogen and oxygen atoms in total. The Morgan fingerprint density at radius 2 is 1.73 bits per heavy atom. The number of aryl methyl sites for hydroxylation is 1. The fourth-order valence-corrected chi connectivity index (χ4v) is 3.51. The van der Waals surface area contributed by atoms with E-state index in [9.17, 15) is 9.18 Å². The van der Waals surface area contributed by atoms with Crippen molar-refractivity contribution in [2.24, 2.45) is 5.92 Å². The third-order valence-corrected chi connectivity index (χ3v) is 5.09. The predicted octanol–water partition coefficient (Wildman–Crippen LogP) is 3.79. The van der Waals surface area contributed by atoms with Gasteiger partial charge in [0.25, 0.3) is 0 Å². The Morgan fingerprint density at radius 1 is 1.04 bits per heavy atom. The predicted molar refractivity (Wildman–Crippen MR) is 102 cm³/mol. The number of hydrogen-bond acceptors (Lipinski definition) is 2. The van der Waals surface area contributed by atoms with Crippen LogP contribution in [-0.2, 0) is 17.8 Å². The Balaban J connectivity index is 1.35. The molecule has 1 N–H and O–H groups in total. The first-order valence-electron chi connectivity index (χ1n) is 9.50. The third-order valence-electron chi connectivity index (χ3n) is 5.09. The van der Waals surface area contributed by atoms with Gasteiger partial charge in [-0.1, -0.05) is 48.5 Å². The molecule has 0 aliphatic carbocycles. The highest BCUT2D eigenvalue weighted by Gasteiger charge is 2.25. The largest absolute Gasteiger partial charge is 0.356 e. The highest BCUT2D eigenvalue weighted by atomic mass is 19.1. The Bertz CT molecular complexity index is 696. The van der Waals surface area contributed by atoms with Gasteiger partial charge < -0.3 is 5.32 Å². The second-order valence-electron chi connectivity index (χ2n) is 7.02. The first kappa shape index (κ1) is 18.6. The van der Waals surface area contributed by atoms with E-state index in [1.807, 2.05) is 30.3 Å². The second-order valence-corrected chi connectivity index (χ2v) is 7.02. The summed E-state index contributed by atoms with van der Waals surface area (Å²) in [6.45, 7) is 3.04. The van der Waals surface area contributed by atoms with Crippen LogP contribution in [0.2, 0.25) is 0 Å². The lowest BCUT2D eigenvalue weighted by molar-refractivity contribution is -0.126. The lowest BCUT2D eigenvalue weighted by Gasteiger charge is -2.31. The molecule has 0 saturated carbocycles. The van der Waals surface area contributed by atoms with E-state index in [0.717, 1.165) is 50.9 Å². The zero-order valence-electron chi connectivity index (χ0n) is 15.2. The first-order valence-corrected chi connectivity index (χ1v) is 9.50. The Hall–Kier alpha value is -2.20. The number of carbonyl (C=O) groups excluding carboxylic acids is 1. The number of hydrogen-bond donors (Lipinski definition) is 1. The van der Waals surface area contributed by atoms with E-state index in [4.69, 9.17) is 0 Å². The molecule has 4 heteroatoms. The molecular formula is C22H27FN2O. The zero-order chi connectivity index (χ0) is 18.2. The lowest BCUT2D eigenvalue weighted by atomic mass is 9.95.